The molecule has 0 aliphatic heterocycles. The highest BCUT2D eigenvalue weighted by Crippen LogP contribution is 2.25. The normalized spacial score (nSPS) is 13.7. The monoisotopic (exact) mass is 388 g/mol. The zero-order valence-electron chi connectivity index (χ0n) is 16.6. The van der Waals surface area contributed by atoms with E-state index in [0.29, 0.717) is 12.1 Å². The molecule has 0 bridgehead atoms. The lowest BCUT2D eigenvalue weighted by molar-refractivity contribution is -0.122. The largest absolute Gasteiger partial charge is 0.348 e. The van der Waals surface area contributed by atoms with E-state index in [1.165, 1.54) is 4.31 Å². The van der Waals surface area contributed by atoms with Crippen LogP contribution in [-0.2, 0) is 14.8 Å². The predicted octanol–water partition coefficient (Wildman–Crippen LogP) is 3.73. The maximum Gasteiger partial charge on any atom is 0.244 e. The van der Waals surface area contributed by atoms with Crippen LogP contribution in [0.4, 0.5) is 5.69 Å². The second-order valence-electron chi connectivity index (χ2n) is 6.97. The molecule has 0 aliphatic rings. The number of benzene rings is 2. The van der Waals surface area contributed by atoms with Crippen LogP contribution in [0.2, 0.25) is 0 Å². The Morgan fingerprint density at radius 2 is 1.63 bits per heavy atom. The lowest BCUT2D eigenvalue weighted by atomic mass is 10.1. The Morgan fingerprint density at radius 1 is 1.07 bits per heavy atom. The topological polar surface area (TPSA) is 66.5 Å². The van der Waals surface area contributed by atoms with Crippen molar-refractivity contribution in [3.8, 4) is 0 Å². The molecule has 27 heavy (non-hydrogen) atoms. The number of aryl methyl sites for hydroxylation is 2. The van der Waals surface area contributed by atoms with Crippen molar-refractivity contribution in [2.45, 2.75) is 46.2 Å². The predicted molar refractivity (Wildman–Crippen MR) is 110 cm³/mol. The molecule has 0 aromatic heterocycles. The lowest BCUT2D eigenvalue weighted by Crippen LogP contribution is -2.49. The SMILES string of the molecule is CC[C@@H](C(=O)N[C@@H](C)c1ccccc1)N(c1cc(C)cc(C)c1)S(C)(=O)=O. The molecule has 0 spiro atoms. The highest BCUT2D eigenvalue weighted by Gasteiger charge is 2.32. The molecular weight excluding hydrogens is 360 g/mol. The summed E-state index contributed by atoms with van der Waals surface area (Å²) in [5.74, 6) is -0.307. The van der Waals surface area contributed by atoms with E-state index in [1.807, 2.05) is 64.1 Å². The Bertz CT molecular complexity index is 875. The average molecular weight is 389 g/mol. The van der Waals surface area contributed by atoms with E-state index >= 15 is 0 Å². The molecule has 0 unspecified atom stereocenters. The van der Waals surface area contributed by atoms with E-state index in [9.17, 15) is 13.2 Å². The van der Waals surface area contributed by atoms with Gasteiger partial charge in [-0.3, -0.25) is 9.10 Å². The number of carbonyl (C=O) groups is 1. The van der Waals surface area contributed by atoms with Crippen molar-refractivity contribution in [2.24, 2.45) is 0 Å². The minimum Gasteiger partial charge on any atom is -0.348 e. The van der Waals surface area contributed by atoms with Crippen LogP contribution < -0.4 is 9.62 Å². The quantitative estimate of drug-likeness (QED) is 0.786. The average Bonchev–Trinajstić information content (AvgIpc) is 2.58. The van der Waals surface area contributed by atoms with Gasteiger partial charge in [-0.05, 0) is 56.0 Å². The second-order valence-corrected chi connectivity index (χ2v) is 8.83. The third-order valence-electron chi connectivity index (χ3n) is 4.45. The summed E-state index contributed by atoms with van der Waals surface area (Å²) < 4.78 is 26.4. The summed E-state index contributed by atoms with van der Waals surface area (Å²) in [6, 6.07) is 14.1. The summed E-state index contributed by atoms with van der Waals surface area (Å²) in [6.45, 7) is 7.53. The van der Waals surface area contributed by atoms with Gasteiger partial charge >= 0.3 is 0 Å². The second kappa shape index (κ2) is 8.57. The first kappa shape index (κ1) is 21.0. The molecule has 146 valence electrons. The van der Waals surface area contributed by atoms with Gasteiger partial charge in [0.05, 0.1) is 18.0 Å². The highest BCUT2D eigenvalue weighted by atomic mass is 32.2. The smallest absolute Gasteiger partial charge is 0.244 e. The summed E-state index contributed by atoms with van der Waals surface area (Å²) >= 11 is 0. The summed E-state index contributed by atoms with van der Waals surface area (Å²) in [6.07, 6.45) is 1.51. The number of nitrogens with one attached hydrogen (secondary N) is 1. The number of amides is 1. The number of rotatable bonds is 7. The Balaban J connectivity index is 2.36. The van der Waals surface area contributed by atoms with Gasteiger partial charge in [-0.1, -0.05) is 43.3 Å². The molecule has 1 amide bonds. The number of sulfonamides is 1. The fraction of sp³-hybridized carbons (Fsp3) is 0.381. The zero-order valence-corrected chi connectivity index (χ0v) is 17.4. The molecule has 0 radical (unpaired) electrons. The van der Waals surface area contributed by atoms with E-state index in [1.54, 1.807) is 12.1 Å². The van der Waals surface area contributed by atoms with Gasteiger partial charge in [-0.15, -0.1) is 0 Å². The van der Waals surface area contributed by atoms with E-state index in [4.69, 9.17) is 0 Å². The van der Waals surface area contributed by atoms with Crippen molar-refractivity contribution in [2.75, 3.05) is 10.6 Å². The van der Waals surface area contributed by atoms with Gasteiger partial charge in [0.2, 0.25) is 15.9 Å². The van der Waals surface area contributed by atoms with Gasteiger partial charge < -0.3 is 5.32 Å². The Labute approximate surface area is 162 Å². The number of nitrogens with zero attached hydrogens (tertiary/aromatic N) is 1. The molecule has 1 N–H and O–H groups in total. The van der Waals surface area contributed by atoms with Gasteiger partial charge in [0.1, 0.15) is 6.04 Å². The van der Waals surface area contributed by atoms with Gasteiger partial charge in [-0.25, -0.2) is 8.42 Å². The van der Waals surface area contributed by atoms with Gasteiger partial charge in [0.15, 0.2) is 0 Å². The maximum atomic E-state index is 13.0. The van der Waals surface area contributed by atoms with Gasteiger partial charge in [-0.2, -0.15) is 0 Å². The molecule has 0 saturated heterocycles. The van der Waals surface area contributed by atoms with Crippen LogP contribution in [0.5, 0.6) is 0 Å². The minimum atomic E-state index is -3.64. The molecule has 5 nitrogen and oxygen atoms in total. The fourth-order valence-electron chi connectivity index (χ4n) is 3.27. The minimum absolute atomic E-state index is 0.214. The molecular formula is C21H28N2O3S. The molecule has 6 heteroatoms. The number of carbonyl (C=O) groups excluding carboxylic acids is 1. The lowest BCUT2D eigenvalue weighted by Gasteiger charge is -2.31. The first-order chi connectivity index (χ1) is 12.6. The third-order valence-corrected chi connectivity index (χ3v) is 5.63. The molecule has 0 fully saturated rings. The summed E-state index contributed by atoms with van der Waals surface area (Å²) in [4.78, 5) is 13.0. The van der Waals surface area contributed by atoms with Crippen molar-refractivity contribution in [3.05, 3.63) is 65.2 Å². The van der Waals surface area contributed by atoms with Crippen molar-refractivity contribution in [1.82, 2.24) is 5.32 Å². The van der Waals surface area contributed by atoms with Crippen LogP contribution >= 0.6 is 0 Å². The number of anilines is 1. The summed E-state index contributed by atoms with van der Waals surface area (Å²) in [5.41, 5.74) is 3.39. The zero-order chi connectivity index (χ0) is 20.2. The Morgan fingerprint density at radius 3 is 2.11 bits per heavy atom. The van der Waals surface area contributed by atoms with E-state index in [2.05, 4.69) is 5.32 Å². The standard InChI is InChI=1S/C21H28N2O3S/c1-6-20(21(24)22-17(4)18-10-8-7-9-11-18)23(27(5,25)26)19-13-15(2)12-16(3)14-19/h7-14,17,20H,6H2,1-5H3,(H,22,24)/t17-,20-/m0/s1. The third kappa shape index (κ3) is 5.32. The molecule has 0 saturated carbocycles. The van der Waals surface area contributed by atoms with Crippen molar-refractivity contribution >= 4 is 21.6 Å². The molecule has 0 heterocycles. The summed E-state index contributed by atoms with van der Waals surface area (Å²) in [5, 5.41) is 2.95. The first-order valence-corrected chi connectivity index (χ1v) is 10.9. The molecule has 2 atom stereocenters. The Hall–Kier alpha value is -2.34. The van der Waals surface area contributed by atoms with Crippen LogP contribution in [0, 0.1) is 13.8 Å². The van der Waals surface area contributed by atoms with E-state index in [-0.39, 0.29) is 11.9 Å². The van der Waals surface area contributed by atoms with Gasteiger partial charge in [0.25, 0.3) is 0 Å². The van der Waals surface area contributed by atoms with E-state index in [0.717, 1.165) is 22.9 Å². The van der Waals surface area contributed by atoms with Crippen LogP contribution in [0.25, 0.3) is 0 Å². The fourth-order valence-corrected chi connectivity index (χ4v) is 4.47. The highest BCUT2D eigenvalue weighted by molar-refractivity contribution is 7.92. The van der Waals surface area contributed by atoms with Crippen molar-refractivity contribution in [1.29, 1.82) is 0 Å². The molecule has 2 aromatic rings. The number of hydrogen-bond acceptors (Lipinski definition) is 3. The van der Waals surface area contributed by atoms with Crippen LogP contribution in [0.3, 0.4) is 0 Å². The van der Waals surface area contributed by atoms with Gasteiger partial charge in [0, 0.05) is 0 Å². The Kier molecular flexibility index (Phi) is 6.65. The van der Waals surface area contributed by atoms with Crippen LogP contribution in [0.1, 0.15) is 43.0 Å². The molecule has 2 aromatic carbocycles. The van der Waals surface area contributed by atoms with Crippen molar-refractivity contribution < 1.29 is 13.2 Å². The summed E-state index contributed by atoms with van der Waals surface area (Å²) in [7, 11) is -3.64. The molecule has 0 aliphatic carbocycles. The number of hydrogen-bond donors (Lipinski definition) is 1. The van der Waals surface area contributed by atoms with Crippen LogP contribution in [-0.4, -0.2) is 26.6 Å². The van der Waals surface area contributed by atoms with Crippen molar-refractivity contribution in [3.63, 3.8) is 0 Å². The molecule has 2 rings (SSSR count). The maximum absolute atomic E-state index is 13.0. The first-order valence-electron chi connectivity index (χ1n) is 9.06. The van der Waals surface area contributed by atoms with Crippen LogP contribution in [0.15, 0.2) is 48.5 Å². The van der Waals surface area contributed by atoms with E-state index < -0.39 is 16.1 Å².